The molecule has 0 bridgehead atoms. The van der Waals surface area contributed by atoms with Gasteiger partial charge in [0.05, 0.1) is 11.6 Å². The van der Waals surface area contributed by atoms with Crippen LogP contribution in [0.2, 0.25) is 0 Å². The number of nitrogens with zero attached hydrogens (tertiary/aromatic N) is 1. The number of aromatic nitrogens is 1. The van der Waals surface area contributed by atoms with E-state index in [4.69, 9.17) is 4.42 Å². The number of nitrogens with one attached hydrogen (secondary N) is 1. The molecule has 1 aliphatic carbocycles. The maximum absolute atomic E-state index is 11.7. The monoisotopic (exact) mass is 276 g/mol. The molecule has 0 aromatic carbocycles. The molecule has 100 valence electrons. The number of aryl methyl sites for hydroxylation is 1. The molecule has 1 amide bonds. The molecule has 0 atom stereocenters. The van der Waals surface area contributed by atoms with Crippen LogP contribution in [-0.2, 0) is 11.3 Å². The predicted molar refractivity (Wildman–Crippen MR) is 73.7 cm³/mol. The van der Waals surface area contributed by atoms with Crippen molar-refractivity contribution in [1.29, 1.82) is 0 Å². The first-order valence-corrected chi connectivity index (χ1v) is 7.39. The predicted octanol–water partition coefficient (Wildman–Crippen LogP) is 3.13. The van der Waals surface area contributed by atoms with Gasteiger partial charge < -0.3 is 9.73 Å². The average molecular weight is 276 g/mol. The van der Waals surface area contributed by atoms with Crippen LogP contribution in [0.25, 0.3) is 11.5 Å². The minimum Gasteiger partial charge on any atom is -0.458 e. The first-order valence-electron chi connectivity index (χ1n) is 6.51. The van der Waals surface area contributed by atoms with E-state index < -0.39 is 0 Å². The average Bonchev–Trinajstić information content (AvgIpc) is 2.92. The van der Waals surface area contributed by atoms with E-state index >= 15 is 0 Å². The van der Waals surface area contributed by atoms with Crippen LogP contribution in [0.3, 0.4) is 0 Å². The molecule has 1 aliphatic rings. The third-order valence-electron chi connectivity index (χ3n) is 3.45. The van der Waals surface area contributed by atoms with Crippen LogP contribution >= 0.6 is 11.3 Å². The molecule has 0 saturated heterocycles. The van der Waals surface area contributed by atoms with E-state index in [1.165, 1.54) is 6.42 Å². The summed E-state index contributed by atoms with van der Waals surface area (Å²) in [7, 11) is 0. The smallest absolute Gasteiger partial charge is 0.223 e. The van der Waals surface area contributed by atoms with Gasteiger partial charge in [0.25, 0.3) is 0 Å². The van der Waals surface area contributed by atoms with Crippen molar-refractivity contribution in [3.05, 3.63) is 28.3 Å². The van der Waals surface area contributed by atoms with Gasteiger partial charge in [0, 0.05) is 11.3 Å². The Labute approximate surface area is 115 Å². The van der Waals surface area contributed by atoms with Crippen molar-refractivity contribution in [3.8, 4) is 11.5 Å². The van der Waals surface area contributed by atoms with Crippen molar-refractivity contribution < 1.29 is 9.21 Å². The lowest BCUT2D eigenvalue weighted by molar-refractivity contribution is -0.127. The van der Waals surface area contributed by atoms with Crippen LogP contribution in [0.15, 0.2) is 21.9 Å². The molecule has 0 radical (unpaired) electrons. The zero-order valence-corrected chi connectivity index (χ0v) is 11.6. The van der Waals surface area contributed by atoms with Crippen molar-refractivity contribution in [3.63, 3.8) is 0 Å². The number of amides is 1. The molecule has 0 unspecified atom stereocenters. The number of thiazole rings is 1. The van der Waals surface area contributed by atoms with E-state index in [0.29, 0.717) is 6.54 Å². The molecular formula is C14H16N2O2S. The van der Waals surface area contributed by atoms with Crippen LogP contribution in [0.4, 0.5) is 0 Å². The third kappa shape index (κ3) is 2.71. The van der Waals surface area contributed by atoms with Crippen molar-refractivity contribution in [1.82, 2.24) is 10.3 Å². The SMILES string of the molecule is Cc1nc(-c2ccc(CNC(=O)C3CCC3)o2)cs1. The summed E-state index contributed by atoms with van der Waals surface area (Å²) < 4.78 is 5.69. The summed E-state index contributed by atoms with van der Waals surface area (Å²) in [6, 6.07) is 3.80. The molecule has 1 fully saturated rings. The first kappa shape index (κ1) is 12.4. The molecule has 4 nitrogen and oxygen atoms in total. The van der Waals surface area contributed by atoms with Crippen LogP contribution in [0.1, 0.15) is 30.0 Å². The highest BCUT2D eigenvalue weighted by Crippen LogP contribution is 2.27. The van der Waals surface area contributed by atoms with Gasteiger partial charge in [0.15, 0.2) is 5.76 Å². The maximum Gasteiger partial charge on any atom is 0.223 e. The Morgan fingerprint density at radius 1 is 1.53 bits per heavy atom. The highest BCUT2D eigenvalue weighted by Gasteiger charge is 2.24. The van der Waals surface area contributed by atoms with E-state index in [0.717, 1.165) is 35.1 Å². The molecule has 2 aromatic rings. The highest BCUT2D eigenvalue weighted by atomic mass is 32.1. The molecule has 2 aromatic heterocycles. The van der Waals surface area contributed by atoms with Crippen LogP contribution < -0.4 is 5.32 Å². The van der Waals surface area contributed by atoms with Gasteiger partial charge >= 0.3 is 0 Å². The topological polar surface area (TPSA) is 55.1 Å². The van der Waals surface area contributed by atoms with E-state index in [-0.39, 0.29) is 11.8 Å². The Morgan fingerprint density at radius 3 is 3.00 bits per heavy atom. The van der Waals surface area contributed by atoms with Crippen LogP contribution in [-0.4, -0.2) is 10.9 Å². The summed E-state index contributed by atoms with van der Waals surface area (Å²) in [5.74, 6) is 1.90. The van der Waals surface area contributed by atoms with Crippen LogP contribution in [0.5, 0.6) is 0 Å². The summed E-state index contributed by atoms with van der Waals surface area (Å²) in [4.78, 5) is 16.1. The van der Waals surface area contributed by atoms with Gasteiger partial charge in [-0.2, -0.15) is 0 Å². The number of furan rings is 1. The van der Waals surface area contributed by atoms with E-state index in [2.05, 4.69) is 10.3 Å². The molecule has 1 N–H and O–H groups in total. The quantitative estimate of drug-likeness (QED) is 0.933. The second kappa shape index (κ2) is 5.17. The zero-order chi connectivity index (χ0) is 13.2. The standard InChI is InChI=1S/C14H16N2O2S/c1-9-16-12(8-19-9)13-6-5-11(18-13)7-15-14(17)10-3-2-4-10/h5-6,8,10H,2-4,7H2,1H3,(H,15,17). The van der Waals surface area contributed by atoms with Gasteiger partial charge in [-0.15, -0.1) is 11.3 Å². The van der Waals surface area contributed by atoms with Crippen LogP contribution in [0, 0.1) is 12.8 Å². The van der Waals surface area contributed by atoms with E-state index in [1.54, 1.807) is 11.3 Å². The normalized spacial score (nSPS) is 15.2. The van der Waals surface area contributed by atoms with Gasteiger partial charge in [-0.25, -0.2) is 4.98 Å². The van der Waals surface area contributed by atoms with Crippen molar-refractivity contribution in [2.75, 3.05) is 0 Å². The fraction of sp³-hybridized carbons (Fsp3) is 0.429. The number of carbonyl (C=O) groups excluding carboxylic acids is 1. The second-order valence-electron chi connectivity index (χ2n) is 4.86. The fourth-order valence-corrected chi connectivity index (χ4v) is 2.68. The summed E-state index contributed by atoms with van der Waals surface area (Å²) in [5, 5.41) is 5.92. The Bertz CT molecular complexity index is 584. The van der Waals surface area contributed by atoms with Crippen molar-refractivity contribution >= 4 is 17.2 Å². The molecule has 0 aliphatic heterocycles. The fourth-order valence-electron chi connectivity index (χ4n) is 2.08. The molecule has 2 heterocycles. The Balaban J connectivity index is 1.60. The van der Waals surface area contributed by atoms with Gasteiger partial charge in [-0.05, 0) is 31.9 Å². The highest BCUT2D eigenvalue weighted by molar-refractivity contribution is 7.09. The summed E-state index contributed by atoms with van der Waals surface area (Å²) in [6.07, 6.45) is 3.22. The summed E-state index contributed by atoms with van der Waals surface area (Å²) in [6.45, 7) is 2.43. The van der Waals surface area contributed by atoms with Gasteiger partial charge in [0.1, 0.15) is 11.5 Å². The van der Waals surface area contributed by atoms with Gasteiger partial charge in [-0.1, -0.05) is 6.42 Å². The van der Waals surface area contributed by atoms with E-state index in [1.807, 2.05) is 24.4 Å². The molecule has 3 rings (SSSR count). The maximum atomic E-state index is 11.7. The third-order valence-corrected chi connectivity index (χ3v) is 4.22. The molecule has 5 heteroatoms. The zero-order valence-electron chi connectivity index (χ0n) is 10.8. The Kier molecular flexibility index (Phi) is 3.38. The number of hydrogen-bond acceptors (Lipinski definition) is 4. The summed E-state index contributed by atoms with van der Waals surface area (Å²) in [5.41, 5.74) is 0.860. The van der Waals surface area contributed by atoms with Gasteiger partial charge in [0.2, 0.25) is 5.91 Å². The molecule has 19 heavy (non-hydrogen) atoms. The molecule has 1 saturated carbocycles. The number of hydrogen-bond donors (Lipinski definition) is 1. The first-order chi connectivity index (χ1) is 9.22. The summed E-state index contributed by atoms with van der Waals surface area (Å²) >= 11 is 1.60. The lowest BCUT2D eigenvalue weighted by atomic mass is 9.85. The second-order valence-corrected chi connectivity index (χ2v) is 5.93. The van der Waals surface area contributed by atoms with Crippen molar-refractivity contribution in [2.24, 2.45) is 5.92 Å². The van der Waals surface area contributed by atoms with E-state index in [9.17, 15) is 4.79 Å². The Morgan fingerprint density at radius 2 is 2.37 bits per heavy atom. The van der Waals surface area contributed by atoms with Crippen molar-refractivity contribution in [2.45, 2.75) is 32.7 Å². The molecular weight excluding hydrogens is 260 g/mol. The lowest BCUT2D eigenvalue weighted by Crippen LogP contribution is -2.33. The number of carbonyl (C=O) groups is 1. The minimum absolute atomic E-state index is 0.147. The Hall–Kier alpha value is -1.62. The van der Waals surface area contributed by atoms with Gasteiger partial charge in [-0.3, -0.25) is 4.79 Å². The lowest BCUT2D eigenvalue weighted by Gasteiger charge is -2.23. The molecule has 0 spiro atoms. The largest absolute Gasteiger partial charge is 0.458 e. The number of rotatable bonds is 4. The minimum atomic E-state index is 0.147.